The number of alkyl halides is 1. The van der Waals surface area contributed by atoms with Gasteiger partial charge in [0.1, 0.15) is 0 Å². The van der Waals surface area contributed by atoms with Crippen molar-refractivity contribution in [3.05, 3.63) is 0 Å². The van der Waals surface area contributed by atoms with Gasteiger partial charge in [-0.1, -0.05) is 21.2 Å². The molecule has 7 heavy (non-hydrogen) atoms. The lowest BCUT2D eigenvalue weighted by Crippen LogP contribution is -2.10. The highest BCUT2D eigenvalue weighted by molar-refractivity contribution is 9.08. The molecular formula is C3H10BrNO2. The van der Waals surface area contributed by atoms with Crippen LogP contribution in [0.4, 0.5) is 0 Å². The van der Waals surface area contributed by atoms with Crippen LogP contribution in [0.2, 0.25) is 0 Å². The van der Waals surface area contributed by atoms with E-state index in [0.29, 0.717) is 0 Å². The molecule has 46 valence electrons. The maximum absolute atomic E-state index is 7.75. The molecule has 0 spiro atoms. The van der Waals surface area contributed by atoms with Crippen molar-refractivity contribution >= 4 is 15.9 Å². The van der Waals surface area contributed by atoms with Gasteiger partial charge in [0.2, 0.25) is 0 Å². The number of hydrogen-bond donors (Lipinski definition) is 2. The van der Waals surface area contributed by atoms with E-state index in [-0.39, 0.29) is 11.8 Å². The molecule has 0 aromatic heterocycles. The van der Waals surface area contributed by atoms with Gasteiger partial charge in [0, 0.05) is 6.54 Å². The van der Waals surface area contributed by atoms with Gasteiger partial charge in [-0.2, -0.15) is 0 Å². The van der Waals surface area contributed by atoms with Crippen LogP contribution >= 0.6 is 15.9 Å². The third kappa shape index (κ3) is 21.7. The molecule has 0 heterocycles. The summed E-state index contributed by atoms with van der Waals surface area (Å²) in [4.78, 5) is 0. The molecule has 0 saturated carbocycles. The zero-order valence-corrected chi connectivity index (χ0v) is 6.01. The van der Waals surface area contributed by atoms with Gasteiger partial charge in [-0.25, -0.2) is 0 Å². The zero-order valence-electron chi connectivity index (χ0n) is 4.43. The monoisotopic (exact) mass is 171 g/mol. The minimum Gasteiger partial charge on any atom is -0.290 e. The Labute approximate surface area is 51.6 Å². The van der Waals surface area contributed by atoms with E-state index in [1.165, 1.54) is 0 Å². The van der Waals surface area contributed by atoms with Crippen molar-refractivity contribution in [1.82, 2.24) is 5.23 Å². The summed E-state index contributed by atoms with van der Waals surface area (Å²) in [6.45, 7) is 1.88. The Hall–Kier alpha value is 0.360. The lowest BCUT2D eigenvalue weighted by Gasteiger charge is -1.95. The van der Waals surface area contributed by atoms with Crippen LogP contribution in [0.5, 0.6) is 0 Å². The maximum Gasteiger partial charge on any atom is 0.0484 e. The molecule has 0 rings (SSSR count). The highest BCUT2D eigenvalue weighted by atomic mass is 79.9. The fraction of sp³-hybridized carbons (Fsp3) is 1.00. The first kappa shape index (κ1) is 10.4. The van der Waals surface area contributed by atoms with E-state index in [0.717, 1.165) is 0 Å². The summed E-state index contributed by atoms with van der Waals surface area (Å²) in [5, 5.41) is 15.6. The maximum atomic E-state index is 7.75. The summed E-state index contributed by atoms with van der Waals surface area (Å²) >= 11 is 2.94. The van der Waals surface area contributed by atoms with Crippen molar-refractivity contribution in [3.63, 3.8) is 0 Å². The molecule has 3 nitrogen and oxygen atoms in total. The Bertz CT molecular complexity index is 26.9. The summed E-state index contributed by atoms with van der Waals surface area (Å²) in [6, 6.07) is 0. The fourth-order valence-electron chi connectivity index (χ4n) is 0. The van der Waals surface area contributed by atoms with Crippen LogP contribution in [-0.4, -0.2) is 28.0 Å². The molecule has 0 aliphatic heterocycles. The molecule has 0 radical (unpaired) electrons. The molecule has 0 aliphatic rings. The minimum absolute atomic E-state index is 0.125. The first-order valence-electron chi connectivity index (χ1n) is 1.80. The van der Waals surface area contributed by atoms with E-state index in [4.69, 9.17) is 10.4 Å². The molecule has 0 saturated heterocycles. The SMILES string of the molecule is CBr.CCN(O)O. The Morgan fingerprint density at radius 1 is 1.43 bits per heavy atom. The highest BCUT2D eigenvalue weighted by Crippen LogP contribution is 1.61. The van der Waals surface area contributed by atoms with Crippen molar-refractivity contribution in [3.8, 4) is 0 Å². The molecule has 0 aromatic rings. The average Bonchev–Trinajstić information content (AvgIpc) is 1.73. The summed E-state index contributed by atoms with van der Waals surface area (Å²) in [5.41, 5.74) is 0. The van der Waals surface area contributed by atoms with Crippen LogP contribution in [0.15, 0.2) is 0 Å². The quantitative estimate of drug-likeness (QED) is 0.459. The number of nitrogens with zero attached hydrogens (tertiary/aromatic N) is 1. The van der Waals surface area contributed by atoms with Crippen molar-refractivity contribution < 1.29 is 10.4 Å². The van der Waals surface area contributed by atoms with Gasteiger partial charge in [0.25, 0.3) is 0 Å². The first-order valence-corrected chi connectivity index (χ1v) is 3.39. The Morgan fingerprint density at radius 2 is 1.57 bits per heavy atom. The second kappa shape index (κ2) is 9.61. The largest absolute Gasteiger partial charge is 0.290 e. The molecule has 0 amide bonds. The Morgan fingerprint density at radius 3 is 1.57 bits per heavy atom. The van der Waals surface area contributed by atoms with Crippen LogP contribution in [0.3, 0.4) is 0 Å². The predicted molar refractivity (Wildman–Crippen MR) is 30.8 cm³/mol. The van der Waals surface area contributed by atoms with E-state index in [2.05, 4.69) is 15.9 Å². The number of hydrogen-bond acceptors (Lipinski definition) is 3. The predicted octanol–water partition coefficient (Wildman–Crippen LogP) is 1.10. The van der Waals surface area contributed by atoms with Crippen LogP contribution in [0.1, 0.15) is 6.92 Å². The number of rotatable bonds is 1. The summed E-state index contributed by atoms with van der Waals surface area (Å²) in [7, 11) is 0. The third-order valence-electron chi connectivity index (χ3n) is 0.283. The molecule has 2 N–H and O–H groups in total. The van der Waals surface area contributed by atoms with Crippen molar-refractivity contribution in [2.75, 3.05) is 12.4 Å². The van der Waals surface area contributed by atoms with Gasteiger partial charge in [-0.05, 0) is 12.8 Å². The van der Waals surface area contributed by atoms with Gasteiger partial charge in [0.05, 0.1) is 0 Å². The normalized spacial score (nSPS) is 7.71. The van der Waals surface area contributed by atoms with E-state index >= 15 is 0 Å². The van der Waals surface area contributed by atoms with Crippen molar-refractivity contribution in [2.24, 2.45) is 0 Å². The Balaban J connectivity index is 0. The summed E-state index contributed by atoms with van der Waals surface area (Å²) < 4.78 is 0. The standard InChI is InChI=1S/C2H7NO2.CH3Br/c1-2-3(4)5;1-2/h4-5H,2H2,1H3;1H3. The molecule has 0 aliphatic carbocycles. The van der Waals surface area contributed by atoms with E-state index < -0.39 is 0 Å². The average molecular weight is 172 g/mol. The number of halogens is 1. The van der Waals surface area contributed by atoms with Gasteiger partial charge < -0.3 is 0 Å². The van der Waals surface area contributed by atoms with Crippen molar-refractivity contribution in [2.45, 2.75) is 6.92 Å². The van der Waals surface area contributed by atoms with Crippen LogP contribution in [-0.2, 0) is 0 Å². The zero-order chi connectivity index (χ0) is 6.28. The van der Waals surface area contributed by atoms with Crippen LogP contribution in [0.25, 0.3) is 0 Å². The minimum atomic E-state index is 0.125. The van der Waals surface area contributed by atoms with Crippen LogP contribution < -0.4 is 0 Å². The summed E-state index contributed by atoms with van der Waals surface area (Å²) in [5.74, 6) is 1.81. The van der Waals surface area contributed by atoms with E-state index in [9.17, 15) is 0 Å². The molecule has 0 aromatic carbocycles. The molecule has 0 fully saturated rings. The molecule has 0 bridgehead atoms. The van der Waals surface area contributed by atoms with Gasteiger partial charge in [0.15, 0.2) is 0 Å². The number of hydroxylamine groups is 2. The van der Waals surface area contributed by atoms with Gasteiger partial charge >= 0.3 is 0 Å². The van der Waals surface area contributed by atoms with Gasteiger partial charge in [-0.15, -0.1) is 0 Å². The fourth-order valence-corrected chi connectivity index (χ4v) is 0. The van der Waals surface area contributed by atoms with Crippen molar-refractivity contribution in [1.29, 1.82) is 0 Å². The molecule has 0 unspecified atom stereocenters. The molecule has 0 atom stereocenters. The smallest absolute Gasteiger partial charge is 0.0484 e. The Kier molecular flexibility index (Phi) is 14.2. The topological polar surface area (TPSA) is 43.7 Å². The lowest BCUT2D eigenvalue weighted by molar-refractivity contribution is -0.303. The van der Waals surface area contributed by atoms with Crippen LogP contribution in [0, 0.1) is 0 Å². The second-order valence-corrected chi connectivity index (χ2v) is 0.689. The van der Waals surface area contributed by atoms with E-state index in [1.54, 1.807) is 6.92 Å². The third-order valence-corrected chi connectivity index (χ3v) is 0.283. The molecule has 4 heteroatoms. The molecular weight excluding hydrogens is 162 g/mol. The summed E-state index contributed by atoms with van der Waals surface area (Å²) in [6.07, 6.45) is 0. The highest BCUT2D eigenvalue weighted by Gasteiger charge is 1.76. The second-order valence-electron chi connectivity index (χ2n) is 0.689. The first-order chi connectivity index (χ1) is 3.27. The lowest BCUT2D eigenvalue weighted by atomic mass is 10.8. The van der Waals surface area contributed by atoms with E-state index in [1.807, 2.05) is 5.83 Å². The van der Waals surface area contributed by atoms with Gasteiger partial charge in [-0.3, -0.25) is 10.4 Å².